The van der Waals surface area contributed by atoms with Crippen LogP contribution in [0.4, 0.5) is 0 Å². The largest absolute Gasteiger partial charge is 0.456 e. The van der Waals surface area contributed by atoms with E-state index in [1.54, 1.807) is 0 Å². The molecule has 16 heavy (non-hydrogen) atoms. The third-order valence-electron chi connectivity index (χ3n) is 1.82. The van der Waals surface area contributed by atoms with E-state index in [0.717, 1.165) is 11.4 Å². The second-order valence-corrected chi connectivity index (χ2v) is 5.53. The molecule has 0 aliphatic carbocycles. The van der Waals surface area contributed by atoms with E-state index in [-0.39, 0.29) is 0 Å². The number of allylic oxidation sites excluding steroid dienone is 2. The molecule has 1 N–H and O–H groups in total. The van der Waals surface area contributed by atoms with Crippen molar-refractivity contribution in [3.05, 3.63) is 11.8 Å². The highest BCUT2D eigenvalue weighted by Crippen LogP contribution is 2.23. The number of carbonyl (C=O) groups excluding carboxylic acids is 1. The van der Waals surface area contributed by atoms with Gasteiger partial charge < -0.3 is 10.1 Å². The van der Waals surface area contributed by atoms with E-state index in [9.17, 15) is 4.79 Å². The van der Waals surface area contributed by atoms with Gasteiger partial charge in [-0.25, -0.2) is 9.79 Å². The lowest BCUT2D eigenvalue weighted by Crippen LogP contribution is -2.50. The van der Waals surface area contributed by atoms with Crippen LogP contribution in [-0.4, -0.2) is 22.3 Å². The quantitative estimate of drug-likeness (QED) is 0.545. The number of nitrogens with zero attached hydrogens (tertiary/aromatic N) is 1. The molecule has 1 unspecified atom stereocenters. The summed E-state index contributed by atoms with van der Waals surface area (Å²) in [5.74, 6) is -0.491. The Bertz CT molecular complexity index is 369. The van der Waals surface area contributed by atoms with Gasteiger partial charge in [-0.3, -0.25) is 0 Å². The van der Waals surface area contributed by atoms with Gasteiger partial charge in [-0.05, 0) is 40.7 Å². The fourth-order valence-corrected chi connectivity index (χ4v) is 1.77. The van der Waals surface area contributed by atoms with Crippen LogP contribution in [-0.2, 0) is 9.53 Å². The monoisotopic (exact) mass is 242 g/mol. The van der Waals surface area contributed by atoms with Gasteiger partial charge in [0.2, 0.25) is 0 Å². The second kappa shape index (κ2) is 4.13. The van der Waals surface area contributed by atoms with Crippen molar-refractivity contribution >= 4 is 24.3 Å². The van der Waals surface area contributed by atoms with Crippen molar-refractivity contribution in [1.29, 1.82) is 0 Å². The van der Waals surface area contributed by atoms with E-state index in [1.807, 2.05) is 40.7 Å². The highest BCUT2D eigenvalue weighted by molar-refractivity contribution is 7.82. The lowest BCUT2D eigenvalue weighted by molar-refractivity contribution is -0.158. The average molecular weight is 242 g/mol. The maximum atomic E-state index is 11.9. The highest BCUT2D eigenvalue weighted by atomic mass is 32.1. The van der Waals surface area contributed by atoms with E-state index in [2.05, 4.69) is 22.9 Å². The van der Waals surface area contributed by atoms with Crippen LogP contribution in [0.25, 0.3) is 0 Å². The molecule has 1 atom stereocenters. The van der Waals surface area contributed by atoms with Crippen molar-refractivity contribution in [3.8, 4) is 0 Å². The van der Waals surface area contributed by atoms with Gasteiger partial charge in [0.05, 0.1) is 0 Å². The Labute approximate surface area is 102 Å². The standard InChI is InChI=1S/C11H18N2O2S/c1-7-6-8(2)13-11(16,12-7)9(14)15-10(3,4)5/h6,12,16H,1-5H3. The molecule has 1 rings (SSSR count). The van der Waals surface area contributed by atoms with Crippen LogP contribution < -0.4 is 5.32 Å². The molecule has 1 heterocycles. The first-order valence-electron chi connectivity index (χ1n) is 5.11. The van der Waals surface area contributed by atoms with Gasteiger partial charge in [-0.15, -0.1) is 12.6 Å². The Morgan fingerprint density at radius 1 is 1.50 bits per heavy atom. The van der Waals surface area contributed by atoms with Crippen LogP contribution in [0, 0.1) is 0 Å². The first-order chi connectivity index (χ1) is 7.12. The summed E-state index contributed by atoms with van der Waals surface area (Å²) in [6.45, 7) is 9.10. The summed E-state index contributed by atoms with van der Waals surface area (Å²) in [4.78, 5) is 14.8. The number of esters is 1. The Hall–Kier alpha value is -0.970. The van der Waals surface area contributed by atoms with Crippen molar-refractivity contribution in [1.82, 2.24) is 5.32 Å². The van der Waals surface area contributed by atoms with Crippen molar-refractivity contribution < 1.29 is 9.53 Å². The molecule has 0 saturated carbocycles. The zero-order valence-corrected chi connectivity index (χ0v) is 11.2. The minimum Gasteiger partial charge on any atom is -0.456 e. The summed E-state index contributed by atoms with van der Waals surface area (Å²) in [5.41, 5.74) is 1.04. The van der Waals surface area contributed by atoms with Crippen LogP contribution in [0.15, 0.2) is 16.8 Å². The maximum Gasteiger partial charge on any atom is 0.366 e. The van der Waals surface area contributed by atoms with Crippen molar-refractivity contribution in [2.75, 3.05) is 0 Å². The van der Waals surface area contributed by atoms with Gasteiger partial charge in [0.15, 0.2) is 0 Å². The molecule has 0 aromatic carbocycles. The molecular formula is C11H18N2O2S. The maximum absolute atomic E-state index is 11.9. The number of nitrogens with one attached hydrogen (secondary N) is 1. The number of carbonyl (C=O) groups is 1. The van der Waals surface area contributed by atoms with E-state index in [0.29, 0.717) is 0 Å². The zero-order valence-electron chi connectivity index (χ0n) is 10.3. The van der Waals surface area contributed by atoms with Crippen LogP contribution in [0.5, 0.6) is 0 Å². The Morgan fingerprint density at radius 2 is 2.06 bits per heavy atom. The second-order valence-electron chi connectivity index (χ2n) is 4.88. The van der Waals surface area contributed by atoms with Gasteiger partial charge >= 0.3 is 5.97 Å². The molecule has 5 heteroatoms. The third-order valence-corrected chi connectivity index (χ3v) is 2.21. The van der Waals surface area contributed by atoms with Crippen LogP contribution >= 0.6 is 12.6 Å². The first kappa shape index (κ1) is 13.1. The number of ether oxygens (including phenoxy) is 1. The molecule has 0 radical (unpaired) electrons. The highest BCUT2D eigenvalue weighted by Gasteiger charge is 2.39. The molecule has 0 aromatic heterocycles. The molecule has 1 aliphatic heterocycles. The van der Waals surface area contributed by atoms with Crippen molar-refractivity contribution in [3.63, 3.8) is 0 Å². The van der Waals surface area contributed by atoms with Crippen molar-refractivity contribution in [2.24, 2.45) is 4.99 Å². The minimum atomic E-state index is -1.31. The van der Waals surface area contributed by atoms with Crippen LogP contribution in [0.2, 0.25) is 0 Å². The number of aliphatic imine (C=N–C) groups is 1. The Kier molecular flexibility index (Phi) is 3.38. The summed E-state index contributed by atoms with van der Waals surface area (Å²) in [5, 5.41) is 2.91. The third kappa shape index (κ3) is 3.27. The lowest BCUT2D eigenvalue weighted by Gasteiger charge is -2.31. The average Bonchev–Trinajstić information content (AvgIpc) is 1.97. The molecule has 0 bridgehead atoms. The first-order valence-corrected chi connectivity index (χ1v) is 5.56. The van der Waals surface area contributed by atoms with Gasteiger partial charge in [0, 0.05) is 11.4 Å². The smallest absolute Gasteiger partial charge is 0.366 e. The van der Waals surface area contributed by atoms with E-state index in [4.69, 9.17) is 4.74 Å². The zero-order chi connectivity index (χ0) is 12.6. The van der Waals surface area contributed by atoms with E-state index < -0.39 is 16.6 Å². The number of hydrogen-bond acceptors (Lipinski definition) is 5. The SMILES string of the molecule is CC1=CC(C)=NC(S)(C(=O)OC(C)(C)C)N1. The summed E-state index contributed by atoms with van der Waals surface area (Å²) < 4.78 is 5.26. The number of thiol groups is 1. The molecule has 0 amide bonds. The van der Waals surface area contributed by atoms with Crippen LogP contribution in [0.1, 0.15) is 34.6 Å². The summed E-state index contributed by atoms with van der Waals surface area (Å²) in [7, 11) is 0. The van der Waals surface area contributed by atoms with E-state index in [1.165, 1.54) is 0 Å². The Morgan fingerprint density at radius 3 is 2.50 bits per heavy atom. The summed E-state index contributed by atoms with van der Waals surface area (Å²) in [6, 6.07) is 0. The normalized spacial score (nSPS) is 25.4. The predicted octanol–water partition coefficient (Wildman–Crippen LogP) is 1.88. The fraction of sp³-hybridized carbons (Fsp3) is 0.636. The molecule has 90 valence electrons. The topological polar surface area (TPSA) is 50.7 Å². The van der Waals surface area contributed by atoms with Gasteiger partial charge in [-0.1, -0.05) is 0 Å². The van der Waals surface area contributed by atoms with Gasteiger partial charge in [-0.2, -0.15) is 0 Å². The predicted molar refractivity (Wildman–Crippen MR) is 67.6 cm³/mol. The van der Waals surface area contributed by atoms with Crippen molar-refractivity contribution in [2.45, 2.75) is 45.2 Å². The molecular weight excluding hydrogens is 224 g/mol. The van der Waals surface area contributed by atoms with E-state index >= 15 is 0 Å². The molecule has 1 aliphatic rings. The molecule has 0 fully saturated rings. The molecule has 4 nitrogen and oxygen atoms in total. The molecule has 0 saturated heterocycles. The minimum absolute atomic E-state index is 0.491. The number of rotatable bonds is 1. The summed E-state index contributed by atoms with van der Waals surface area (Å²) >= 11 is 4.26. The Balaban J connectivity index is 2.88. The fourth-order valence-electron chi connectivity index (χ4n) is 1.39. The van der Waals surface area contributed by atoms with Gasteiger partial charge in [0.25, 0.3) is 4.99 Å². The summed E-state index contributed by atoms with van der Waals surface area (Å²) in [6.07, 6.45) is 1.85. The van der Waals surface area contributed by atoms with Gasteiger partial charge in [0.1, 0.15) is 5.60 Å². The lowest BCUT2D eigenvalue weighted by atomic mass is 10.2. The van der Waals surface area contributed by atoms with Crippen LogP contribution in [0.3, 0.4) is 0 Å². The molecule has 0 spiro atoms. The number of hydrogen-bond donors (Lipinski definition) is 2. The molecule has 0 aromatic rings.